The van der Waals surface area contributed by atoms with Gasteiger partial charge in [0.1, 0.15) is 0 Å². The van der Waals surface area contributed by atoms with E-state index in [0.29, 0.717) is 35.0 Å². The Balaban J connectivity index is 1.22. The van der Waals surface area contributed by atoms with Crippen LogP contribution in [0.2, 0.25) is 0 Å². The van der Waals surface area contributed by atoms with Gasteiger partial charge in [-0.1, -0.05) is 136 Å². The van der Waals surface area contributed by atoms with E-state index in [4.69, 9.17) is 0 Å². The smallest absolute Gasteiger partial charge is 0.227 e. The Labute approximate surface area is 448 Å². The number of unbranched alkanes of at least 4 members (excludes halogenated alkanes) is 2. The maximum absolute atomic E-state index is 15.1. The second kappa shape index (κ2) is 23.2. The molecule has 0 fully saturated rings. The van der Waals surface area contributed by atoms with E-state index in [1.807, 2.05) is 50.3 Å². The van der Waals surface area contributed by atoms with Crippen molar-refractivity contribution in [2.45, 2.75) is 107 Å². The molecule has 0 saturated carbocycles. The average molecular weight is 1010 g/mol. The van der Waals surface area contributed by atoms with Gasteiger partial charge in [0.15, 0.2) is 5.78 Å². The van der Waals surface area contributed by atoms with Crippen LogP contribution in [0.15, 0.2) is 151 Å². The third-order valence-electron chi connectivity index (χ3n) is 15.1. The number of ketones is 1. The Morgan fingerprint density at radius 3 is 1.55 bits per heavy atom. The molecular weight excluding hydrogens is 937 g/mol. The maximum atomic E-state index is 15.1. The number of nitrogens with one attached hydrogen (secondary N) is 2. The molecule has 0 radical (unpaired) electrons. The van der Waals surface area contributed by atoms with Gasteiger partial charge >= 0.3 is 0 Å². The van der Waals surface area contributed by atoms with Crippen LogP contribution in [-0.4, -0.2) is 23.3 Å². The number of benzene rings is 7. The van der Waals surface area contributed by atoms with Crippen LogP contribution >= 0.6 is 0 Å². The quantitative estimate of drug-likeness (QED) is 0.0834. The molecule has 2 aliphatic rings. The van der Waals surface area contributed by atoms with Crippen molar-refractivity contribution in [1.29, 1.82) is 0 Å². The van der Waals surface area contributed by atoms with E-state index in [2.05, 4.69) is 183 Å². The molecular formula is C68H70N4O4. The zero-order valence-corrected chi connectivity index (χ0v) is 45.4. The zero-order valence-electron chi connectivity index (χ0n) is 45.4. The Hall–Kier alpha value is -8.10. The molecule has 0 heterocycles. The van der Waals surface area contributed by atoms with Crippen LogP contribution in [0.5, 0.6) is 0 Å². The summed E-state index contributed by atoms with van der Waals surface area (Å²) in [5.74, 6) is -1.66. The van der Waals surface area contributed by atoms with Gasteiger partial charge in [0.05, 0.1) is 0 Å². The molecule has 7 aromatic rings. The largest absolute Gasteiger partial charge is 0.871 e. The molecule has 7 aromatic carbocycles. The van der Waals surface area contributed by atoms with E-state index in [1.54, 1.807) is 0 Å². The summed E-state index contributed by atoms with van der Waals surface area (Å²) in [4.78, 5) is 45.7. The molecule has 2 unspecified atom stereocenters. The molecule has 2 N–H and O–H groups in total. The molecule has 9 rings (SSSR count). The van der Waals surface area contributed by atoms with Gasteiger partial charge in [0, 0.05) is 98.6 Å². The number of hydrogen-bond donors (Lipinski definition) is 2. The predicted octanol–water partition coefficient (Wildman–Crippen LogP) is 14.1. The van der Waals surface area contributed by atoms with E-state index in [1.165, 1.54) is 0 Å². The number of hydrogen-bond acceptors (Lipinski definition) is 5. The number of nitrogens with zero attached hydrogens (tertiary/aromatic N) is 2. The Morgan fingerprint density at radius 1 is 0.553 bits per heavy atom. The van der Waals surface area contributed by atoms with Gasteiger partial charge < -0.3 is 20.6 Å². The highest BCUT2D eigenvalue weighted by Gasteiger charge is 2.33. The summed E-state index contributed by atoms with van der Waals surface area (Å²) in [6.45, 7) is 16.6. The second-order valence-electron chi connectivity index (χ2n) is 20.8. The van der Waals surface area contributed by atoms with E-state index in [-0.39, 0.29) is 34.8 Å². The summed E-state index contributed by atoms with van der Waals surface area (Å²) in [6, 6.07) is 47.4. The highest BCUT2D eigenvalue weighted by Crippen LogP contribution is 2.43. The number of fused-ring (bicyclic) bond motifs is 2. The van der Waals surface area contributed by atoms with E-state index in [9.17, 15) is 9.59 Å². The average Bonchev–Trinajstić information content (AvgIpc) is 3.49. The highest BCUT2D eigenvalue weighted by atomic mass is 16.3. The number of allylic oxidation sites excluding steroid dienone is 3. The van der Waals surface area contributed by atoms with Crippen molar-refractivity contribution >= 4 is 97.2 Å². The molecule has 0 bridgehead atoms. The molecule has 8 heteroatoms. The molecule has 386 valence electrons. The topological polar surface area (TPSA) is 105 Å². The fourth-order valence-electron chi connectivity index (χ4n) is 10.4. The molecule has 2 aliphatic carbocycles. The van der Waals surface area contributed by atoms with E-state index >= 15 is 9.90 Å². The first-order valence-electron chi connectivity index (χ1n) is 27.3. The SMILES string of the molecule is CCCCC(CC)C(=O)Nc1cc2cc(N(c3ccc(C)cc3)c3ccc(C)cc3)ccc2cc1C1=C([O-])/C(=c2/cc3c(cc2NC(=O)C(CC)CCCC)=CC(=[N+](c2ccc(C)cc2)c2ccc(C)cc2)C=C3)C1=O. The number of Topliss-reactive ketones (excluding diaryl/α,β-unsaturated/α-hetero) is 1. The molecule has 0 aromatic heterocycles. The number of amides is 2. The van der Waals surface area contributed by atoms with Gasteiger partial charge in [-0.2, -0.15) is 4.58 Å². The Kier molecular flexibility index (Phi) is 16.1. The van der Waals surface area contributed by atoms with Crippen LogP contribution in [0.1, 0.15) is 112 Å². The van der Waals surface area contributed by atoms with Crippen LogP contribution < -0.4 is 35.7 Å². The van der Waals surface area contributed by atoms with Crippen LogP contribution in [-0.2, 0) is 14.4 Å². The molecule has 2 atom stereocenters. The Bertz CT molecular complexity index is 3470. The summed E-state index contributed by atoms with van der Waals surface area (Å²) in [5, 5.41) is 24.4. The summed E-state index contributed by atoms with van der Waals surface area (Å²) < 4.78 is 2.20. The van der Waals surface area contributed by atoms with Crippen LogP contribution in [0.25, 0.3) is 34.1 Å². The van der Waals surface area contributed by atoms with Crippen molar-refractivity contribution in [1.82, 2.24) is 4.58 Å². The second-order valence-corrected chi connectivity index (χ2v) is 20.8. The molecule has 76 heavy (non-hydrogen) atoms. The van der Waals surface area contributed by atoms with Crippen molar-refractivity contribution in [2.75, 3.05) is 15.5 Å². The minimum atomic E-state index is -0.436. The third-order valence-corrected chi connectivity index (χ3v) is 15.1. The van der Waals surface area contributed by atoms with Gasteiger partial charge in [0.2, 0.25) is 28.9 Å². The maximum Gasteiger partial charge on any atom is 0.227 e. The fourth-order valence-corrected chi connectivity index (χ4v) is 10.4. The molecule has 0 spiro atoms. The van der Waals surface area contributed by atoms with Crippen molar-refractivity contribution in [3.05, 3.63) is 195 Å². The number of aryl methyl sites for hydroxylation is 4. The van der Waals surface area contributed by atoms with Gasteiger partial charge in [-0.25, -0.2) is 0 Å². The van der Waals surface area contributed by atoms with E-state index < -0.39 is 11.5 Å². The van der Waals surface area contributed by atoms with Gasteiger partial charge in [-0.3, -0.25) is 14.4 Å². The van der Waals surface area contributed by atoms with Gasteiger partial charge in [0.25, 0.3) is 0 Å². The minimum absolute atomic E-state index is 0.00719. The number of anilines is 5. The first kappa shape index (κ1) is 52.8. The lowest BCUT2D eigenvalue weighted by molar-refractivity contribution is -0.292. The summed E-state index contributed by atoms with van der Waals surface area (Å²) in [6.07, 6.45) is 12.6. The Morgan fingerprint density at radius 2 is 1.05 bits per heavy atom. The molecule has 8 nitrogen and oxygen atoms in total. The number of carbonyl (C=O) groups is 3. The molecule has 0 saturated heterocycles. The third kappa shape index (κ3) is 11.1. The van der Waals surface area contributed by atoms with Crippen molar-refractivity contribution in [3.8, 4) is 0 Å². The summed E-state index contributed by atoms with van der Waals surface area (Å²) >= 11 is 0. The molecule has 2 amide bonds. The van der Waals surface area contributed by atoms with Crippen molar-refractivity contribution in [3.63, 3.8) is 0 Å². The highest BCUT2D eigenvalue weighted by molar-refractivity contribution is 6.52. The van der Waals surface area contributed by atoms with Crippen molar-refractivity contribution in [2.24, 2.45) is 11.8 Å². The van der Waals surface area contributed by atoms with Gasteiger partial charge in [-0.15, -0.1) is 0 Å². The summed E-state index contributed by atoms with van der Waals surface area (Å²) in [7, 11) is 0. The normalized spacial score (nSPS) is 14.4. The van der Waals surface area contributed by atoms with Crippen LogP contribution in [0.3, 0.4) is 0 Å². The monoisotopic (exact) mass is 1010 g/mol. The molecule has 0 aliphatic heterocycles. The first-order chi connectivity index (χ1) is 36.8. The minimum Gasteiger partial charge on any atom is -0.871 e. The lowest BCUT2D eigenvalue weighted by atomic mass is 9.80. The zero-order chi connectivity index (χ0) is 53.6. The first-order valence-corrected chi connectivity index (χ1v) is 27.3. The number of rotatable bonds is 18. The summed E-state index contributed by atoms with van der Waals surface area (Å²) in [5.41, 5.74) is 12.4. The van der Waals surface area contributed by atoms with Gasteiger partial charge in [-0.05, 0) is 142 Å². The van der Waals surface area contributed by atoms with Crippen LogP contribution in [0.4, 0.5) is 39.8 Å². The lowest BCUT2D eigenvalue weighted by Gasteiger charge is -2.33. The lowest BCUT2D eigenvalue weighted by Crippen LogP contribution is -2.36. The van der Waals surface area contributed by atoms with Crippen LogP contribution in [0, 0.1) is 39.5 Å². The number of carbonyl (C=O) groups excluding carboxylic acids is 3. The van der Waals surface area contributed by atoms with E-state index in [0.717, 1.165) is 116 Å². The fraction of sp³-hybridized carbons (Fsp3) is 0.265. The standard InChI is InChI=1S/C68H70N4O4/c1-9-13-15-47(11-3)67(75)69-61-41-51-37-57(71(53-27-17-43(5)18-28-53)54-29-19-44(6)20-30-54)35-25-49(51)39-59(61)63-65(73)64(66(63)74)60-40-50-26-36-58(38-52(50)42-62(60)70-68(76)48(12-4)16-14-10-2)72(55-31-21-45(7)22-32-55)56-33-23-46(8)24-34-56/h17-42,47-48H,9-16H2,1-8H3,(H2,69,70,73,74,75,76). The van der Waals surface area contributed by atoms with Crippen molar-refractivity contribution < 1.29 is 19.5 Å². The predicted molar refractivity (Wildman–Crippen MR) is 315 cm³/mol.